The molecule has 0 aliphatic rings. The maximum Gasteiger partial charge on any atom is 0.348 e. The van der Waals surface area contributed by atoms with E-state index < -0.39 is 5.97 Å². The van der Waals surface area contributed by atoms with Crippen molar-refractivity contribution in [2.75, 3.05) is 25.1 Å². The van der Waals surface area contributed by atoms with Gasteiger partial charge in [0.2, 0.25) is 5.91 Å². The molecule has 2 N–H and O–H groups in total. The second-order valence-electron chi connectivity index (χ2n) is 6.43. The third kappa shape index (κ3) is 6.30. The minimum absolute atomic E-state index is 0.143. The monoisotopic (exact) mass is 443 g/mol. The Labute approximate surface area is 185 Å². The van der Waals surface area contributed by atoms with Crippen LogP contribution in [0.15, 0.2) is 24.3 Å². The largest absolute Gasteiger partial charge is 0.493 e. The van der Waals surface area contributed by atoms with Crippen molar-refractivity contribution < 1.29 is 23.9 Å². The number of nitrogens with one attached hydrogen (secondary N) is 2. The van der Waals surface area contributed by atoms with E-state index in [1.54, 1.807) is 38.1 Å². The minimum Gasteiger partial charge on any atom is -0.493 e. The first-order valence-electron chi connectivity index (χ1n) is 9.93. The molecule has 2 amide bonds. The molecule has 31 heavy (non-hydrogen) atoms. The van der Waals surface area contributed by atoms with Gasteiger partial charge in [-0.05, 0) is 44.9 Å². The van der Waals surface area contributed by atoms with Crippen LogP contribution in [0.5, 0.6) is 5.75 Å². The molecule has 1 aromatic heterocycles. The van der Waals surface area contributed by atoms with E-state index in [1.165, 1.54) is 0 Å². The van der Waals surface area contributed by atoms with Gasteiger partial charge in [-0.2, -0.15) is 5.26 Å². The number of amides is 2. The zero-order chi connectivity index (χ0) is 22.8. The van der Waals surface area contributed by atoms with Gasteiger partial charge in [0.05, 0.1) is 24.3 Å². The van der Waals surface area contributed by atoms with Crippen LogP contribution in [0.3, 0.4) is 0 Å². The van der Waals surface area contributed by atoms with E-state index in [1.807, 2.05) is 13.0 Å². The molecule has 0 radical (unpaired) electrons. The summed E-state index contributed by atoms with van der Waals surface area (Å²) in [5.74, 6) is -0.590. The first kappa shape index (κ1) is 23.9. The SMILES string of the molecule is CCOC(=O)c1sc(NC(=O)CCCNC(=O)c2ccccc2OCC)c(C#N)c1C. The maximum atomic E-state index is 12.3. The van der Waals surface area contributed by atoms with Crippen molar-refractivity contribution in [3.05, 3.63) is 45.8 Å². The average Bonchev–Trinajstić information content (AvgIpc) is 3.06. The number of hydrogen-bond acceptors (Lipinski definition) is 7. The summed E-state index contributed by atoms with van der Waals surface area (Å²) in [5, 5.41) is 15.2. The molecule has 9 heteroatoms. The molecule has 8 nitrogen and oxygen atoms in total. The quantitative estimate of drug-likeness (QED) is 0.427. The molecule has 2 aromatic rings. The molecule has 0 unspecified atom stereocenters. The Kier molecular flexibility index (Phi) is 9.03. The molecule has 0 saturated heterocycles. The van der Waals surface area contributed by atoms with Crippen LogP contribution >= 0.6 is 11.3 Å². The second-order valence-corrected chi connectivity index (χ2v) is 7.45. The lowest BCUT2D eigenvalue weighted by Crippen LogP contribution is -2.26. The summed E-state index contributed by atoms with van der Waals surface area (Å²) in [6.45, 7) is 6.16. The molecule has 2 rings (SSSR count). The zero-order valence-corrected chi connectivity index (χ0v) is 18.6. The van der Waals surface area contributed by atoms with Crippen molar-refractivity contribution >= 4 is 34.1 Å². The fraction of sp³-hybridized carbons (Fsp3) is 0.364. The van der Waals surface area contributed by atoms with E-state index in [0.717, 1.165) is 11.3 Å². The summed E-state index contributed by atoms with van der Waals surface area (Å²) in [5.41, 5.74) is 1.18. The lowest BCUT2D eigenvalue weighted by molar-refractivity contribution is -0.116. The van der Waals surface area contributed by atoms with Gasteiger partial charge in [0, 0.05) is 13.0 Å². The van der Waals surface area contributed by atoms with Gasteiger partial charge in [-0.1, -0.05) is 12.1 Å². The smallest absolute Gasteiger partial charge is 0.348 e. The number of nitrogens with zero attached hydrogens (tertiary/aromatic N) is 1. The molecule has 0 bridgehead atoms. The molecule has 0 atom stereocenters. The van der Waals surface area contributed by atoms with E-state index in [-0.39, 0.29) is 30.4 Å². The number of esters is 1. The lowest BCUT2D eigenvalue weighted by atomic mass is 10.1. The molecular weight excluding hydrogens is 418 g/mol. The summed E-state index contributed by atoms with van der Waals surface area (Å²) in [4.78, 5) is 36.9. The zero-order valence-electron chi connectivity index (χ0n) is 17.7. The van der Waals surface area contributed by atoms with E-state index in [0.29, 0.717) is 46.3 Å². The van der Waals surface area contributed by atoms with Crippen LogP contribution in [0.25, 0.3) is 0 Å². The Bertz CT molecular complexity index is 994. The van der Waals surface area contributed by atoms with Crippen LogP contribution < -0.4 is 15.4 Å². The summed E-state index contributed by atoms with van der Waals surface area (Å²) in [6, 6.07) is 8.98. The second kappa shape index (κ2) is 11.7. The number of ether oxygens (including phenoxy) is 2. The molecule has 0 fully saturated rings. The van der Waals surface area contributed by atoms with E-state index in [2.05, 4.69) is 10.6 Å². The van der Waals surface area contributed by atoms with Crippen molar-refractivity contribution in [1.29, 1.82) is 5.26 Å². The van der Waals surface area contributed by atoms with Gasteiger partial charge in [0.25, 0.3) is 5.91 Å². The van der Waals surface area contributed by atoms with Gasteiger partial charge in [-0.25, -0.2) is 4.79 Å². The molecular formula is C22H25N3O5S. The molecule has 0 aliphatic carbocycles. The van der Waals surface area contributed by atoms with E-state index >= 15 is 0 Å². The normalized spacial score (nSPS) is 10.1. The van der Waals surface area contributed by atoms with Gasteiger partial charge in [-0.3, -0.25) is 9.59 Å². The van der Waals surface area contributed by atoms with Crippen molar-refractivity contribution in [2.45, 2.75) is 33.6 Å². The van der Waals surface area contributed by atoms with Gasteiger partial charge in [-0.15, -0.1) is 11.3 Å². The minimum atomic E-state index is -0.517. The Balaban J connectivity index is 1.89. The number of para-hydroxylation sites is 1. The van der Waals surface area contributed by atoms with Crippen molar-refractivity contribution in [2.24, 2.45) is 0 Å². The highest BCUT2D eigenvalue weighted by atomic mass is 32.1. The Hall–Kier alpha value is -3.38. The number of benzene rings is 1. The van der Waals surface area contributed by atoms with Gasteiger partial charge < -0.3 is 20.1 Å². The third-order valence-electron chi connectivity index (χ3n) is 4.27. The predicted molar refractivity (Wildman–Crippen MR) is 118 cm³/mol. The van der Waals surface area contributed by atoms with Crippen LogP contribution in [0, 0.1) is 18.3 Å². The number of thiophene rings is 1. The maximum absolute atomic E-state index is 12.3. The Morgan fingerprint density at radius 3 is 2.58 bits per heavy atom. The van der Waals surface area contributed by atoms with Crippen molar-refractivity contribution in [1.82, 2.24) is 5.32 Å². The van der Waals surface area contributed by atoms with Gasteiger partial charge in [0.15, 0.2) is 0 Å². The molecule has 0 spiro atoms. The Morgan fingerprint density at radius 1 is 1.16 bits per heavy atom. The average molecular weight is 444 g/mol. The predicted octanol–water partition coefficient (Wildman–Crippen LogP) is 3.65. The number of nitriles is 1. The van der Waals surface area contributed by atoms with Crippen LogP contribution in [0.1, 0.15) is 57.8 Å². The highest BCUT2D eigenvalue weighted by molar-refractivity contribution is 7.18. The van der Waals surface area contributed by atoms with Crippen molar-refractivity contribution in [3.8, 4) is 11.8 Å². The lowest BCUT2D eigenvalue weighted by Gasteiger charge is -2.10. The van der Waals surface area contributed by atoms with E-state index in [9.17, 15) is 19.6 Å². The summed E-state index contributed by atoms with van der Waals surface area (Å²) < 4.78 is 10.4. The third-order valence-corrected chi connectivity index (χ3v) is 5.46. The number of rotatable bonds is 10. The summed E-state index contributed by atoms with van der Waals surface area (Å²) in [6.07, 6.45) is 0.551. The highest BCUT2D eigenvalue weighted by Gasteiger charge is 2.22. The molecule has 1 heterocycles. The molecule has 0 aliphatic heterocycles. The number of carbonyl (C=O) groups excluding carboxylic acids is 3. The topological polar surface area (TPSA) is 118 Å². The molecule has 164 valence electrons. The van der Waals surface area contributed by atoms with Crippen molar-refractivity contribution in [3.63, 3.8) is 0 Å². The fourth-order valence-electron chi connectivity index (χ4n) is 2.80. The van der Waals surface area contributed by atoms with Gasteiger partial charge >= 0.3 is 5.97 Å². The first-order valence-corrected chi connectivity index (χ1v) is 10.7. The van der Waals surface area contributed by atoms with Gasteiger partial charge in [0.1, 0.15) is 21.7 Å². The fourth-order valence-corrected chi connectivity index (χ4v) is 3.87. The summed E-state index contributed by atoms with van der Waals surface area (Å²) in [7, 11) is 0. The van der Waals surface area contributed by atoms with Crippen LogP contribution in [-0.2, 0) is 9.53 Å². The molecule has 0 saturated carbocycles. The van der Waals surface area contributed by atoms with Crippen LogP contribution in [0.2, 0.25) is 0 Å². The van der Waals surface area contributed by atoms with E-state index in [4.69, 9.17) is 9.47 Å². The number of anilines is 1. The summed E-state index contributed by atoms with van der Waals surface area (Å²) >= 11 is 1.02. The first-order chi connectivity index (χ1) is 14.9. The number of carbonyl (C=O) groups is 3. The highest BCUT2D eigenvalue weighted by Crippen LogP contribution is 2.33. The standard InChI is InChI=1S/C22H25N3O5S/c1-4-29-17-10-7-6-9-15(17)20(27)24-12-8-11-18(26)25-21-16(13-23)14(3)19(31-21)22(28)30-5-2/h6-7,9-10H,4-5,8,11-12H2,1-3H3,(H,24,27)(H,25,26). The van der Waals surface area contributed by atoms with Crippen LogP contribution in [-0.4, -0.2) is 37.5 Å². The number of hydrogen-bond donors (Lipinski definition) is 2. The van der Waals surface area contributed by atoms with Crippen LogP contribution in [0.4, 0.5) is 5.00 Å². The molecule has 1 aromatic carbocycles. The Morgan fingerprint density at radius 2 is 1.90 bits per heavy atom.